The molecule has 0 atom stereocenters. The number of carbonyl (C=O) groups excluding carboxylic acids is 1. The van der Waals surface area contributed by atoms with Crippen LogP contribution in [0.4, 0.5) is 5.69 Å². The number of carboxylic acid groups (broad SMARTS) is 1. The minimum atomic E-state index is -1.04. The highest BCUT2D eigenvalue weighted by Gasteiger charge is 2.15. The third-order valence-corrected chi connectivity index (χ3v) is 3.36. The van der Waals surface area contributed by atoms with Crippen LogP contribution < -0.4 is 5.32 Å². The van der Waals surface area contributed by atoms with Gasteiger partial charge in [-0.3, -0.25) is 9.78 Å². The molecule has 2 N–H and O–H groups in total. The molecule has 0 saturated heterocycles. The molecule has 6 heteroatoms. The van der Waals surface area contributed by atoms with E-state index in [9.17, 15) is 9.59 Å². The Hall–Kier alpha value is -2.40. The van der Waals surface area contributed by atoms with Crippen LogP contribution in [0.25, 0.3) is 0 Å². The molecule has 0 bridgehead atoms. The quantitative estimate of drug-likeness (QED) is 0.912. The second-order valence-electron chi connectivity index (χ2n) is 4.54. The van der Waals surface area contributed by atoms with Gasteiger partial charge in [-0.25, -0.2) is 4.79 Å². The fraction of sp³-hybridized carbons (Fsp3) is 0.133. The van der Waals surface area contributed by atoms with Crippen LogP contribution in [-0.2, 0) is 0 Å². The van der Waals surface area contributed by atoms with Gasteiger partial charge in [0, 0.05) is 17.6 Å². The van der Waals surface area contributed by atoms with Crippen LogP contribution in [0, 0.1) is 13.8 Å². The van der Waals surface area contributed by atoms with Crippen LogP contribution in [-0.4, -0.2) is 22.0 Å². The molecule has 2 rings (SSSR count). The Labute approximate surface area is 126 Å². The van der Waals surface area contributed by atoms with Gasteiger partial charge in [-0.05, 0) is 37.6 Å². The number of aryl methyl sites for hydroxylation is 1. The number of nitrogens with one attached hydrogen (secondary N) is 1. The Morgan fingerprint density at radius 2 is 1.95 bits per heavy atom. The topological polar surface area (TPSA) is 79.3 Å². The number of nitrogens with zero attached hydrogens (tertiary/aromatic N) is 1. The average Bonchev–Trinajstić information content (AvgIpc) is 2.40. The van der Waals surface area contributed by atoms with Gasteiger partial charge in [0.1, 0.15) is 0 Å². The van der Waals surface area contributed by atoms with E-state index in [4.69, 9.17) is 16.7 Å². The Morgan fingerprint density at radius 1 is 1.24 bits per heavy atom. The number of benzene rings is 1. The van der Waals surface area contributed by atoms with Crippen molar-refractivity contribution >= 4 is 29.2 Å². The van der Waals surface area contributed by atoms with Crippen LogP contribution >= 0.6 is 11.6 Å². The Balaban J connectivity index is 2.32. The number of aromatic carboxylic acids is 1. The van der Waals surface area contributed by atoms with E-state index < -0.39 is 11.9 Å². The second-order valence-corrected chi connectivity index (χ2v) is 4.95. The molecule has 1 aromatic heterocycles. The molecule has 21 heavy (non-hydrogen) atoms. The lowest BCUT2D eigenvalue weighted by molar-refractivity contribution is 0.0695. The molecule has 1 heterocycles. The molecule has 0 radical (unpaired) electrons. The van der Waals surface area contributed by atoms with Crippen LogP contribution in [0.1, 0.15) is 32.0 Å². The molecule has 0 aliphatic carbocycles. The van der Waals surface area contributed by atoms with Crippen LogP contribution in [0.5, 0.6) is 0 Å². The van der Waals surface area contributed by atoms with E-state index in [-0.39, 0.29) is 11.1 Å². The third kappa shape index (κ3) is 3.20. The van der Waals surface area contributed by atoms with E-state index in [1.807, 2.05) is 0 Å². The summed E-state index contributed by atoms with van der Waals surface area (Å²) < 4.78 is 0. The van der Waals surface area contributed by atoms with E-state index >= 15 is 0 Å². The van der Waals surface area contributed by atoms with Crippen molar-refractivity contribution < 1.29 is 14.7 Å². The molecular formula is C15H13ClN2O3. The van der Waals surface area contributed by atoms with E-state index in [2.05, 4.69) is 10.3 Å². The maximum absolute atomic E-state index is 12.2. The van der Waals surface area contributed by atoms with Crippen LogP contribution in [0.15, 0.2) is 30.5 Å². The largest absolute Gasteiger partial charge is 0.478 e. The summed E-state index contributed by atoms with van der Waals surface area (Å²) in [5.74, 6) is -1.48. The zero-order valence-electron chi connectivity index (χ0n) is 11.5. The highest BCUT2D eigenvalue weighted by molar-refractivity contribution is 6.34. The molecule has 0 fully saturated rings. The Bertz CT molecular complexity index is 729. The number of rotatable bonds is 3. The summed E-state index contributed by atoms with van der Waals surface area (Å²) in [5, 5.41) is 12.0. The number of hydrogen-bond acceptors (Lipinski definition) is 3. The lowest BCUT2D eigenvalue weighted by atomic mass is 10.1. The summed E-state index contributed by atoms with van der Waals surface area (Å²) in [4.78, 5) is 27.3. The summed E-state index contributed by atoms with van der Waals surface area (Å²) >= 11 is 6.02. The predicted octanol–water partition coefficient (Wildman–Crippen LogP) is 3.30. The van der Waals surface area contributed by atoms with Crippen molar-refractivity contribution in [2.45, 2.75) is 13.8 Å². The van der Waals surface area contributed by atoms with Gasteiger partial charge in [0.05, 0.1) is 16.1 Å². The molecule has 0 spiro atoms. The molecule has 0 aliphatic rings. The van der Waals surface area contributed by atoms with Crippen molar-refractivity contribution in [3.05, 3.63) is 57.9 Å². The third-order valence-electron chi connectivity index (χ3n) is 3.05. The number of halogens is 1. The minimum Gasteiger partial charge on any atom is -0.478 e. The molecular weight excluding hydrogens is 292 g/mol. The first-order valence-electron chi connectivity index (χ1n) is 6.16. The van der Waals surface area contributed by atoms with Crippen molar-refractivity contribution in [1.82, 2.24) is 4.98 Å². The average molecular weight is 305 g/mol. The standard InChI is InChI=1S/C15H13ClN2O3/c1-8-6-12(16)11(7-17-8)14(19)18-13-5-3-4-10(9(13)2)15(20)21/h3-7H,1-2H3,(H,18,19)(H,20,21). The summed E-state index contributed by atoms with van der Waals surface area (Å²) in [7, 11) is 0. The first-order chi connectivity index (χ1) is 9.90. The number of amides is 1. The molecule has 2 aromatic rings. The van der Waals surface area contributed by atoms with E-state index in [0.717, 1.165) is 0 Å². The fourth-order valence-corrected chi connectivity index (χ4v) is 2.18. The number of carbonyl (C=O) groups is 2. The highest BCUT2D eigenvalue weighted by atomic mass is 35.5. The van der Waals surface area contributed by atoms with Gasteiger partial charge in [0.2, 0.25) is 0 Å². The molecule has 1 amide bonds. The predicted molar refractivity (Wildman–Crippen MR) is 80.1 cm³/mol. The first kappa shape index (κ1) is 15.0. The number of carboxylic acids is 1. The maximum atomic E-state index is 12.2. The van der Waals surface area contributed by atoms with Gasteiger partial charge in [-0.15, -0.1) is 0 Å². The van der Waals surface area contributed by atoms with Crippen molar-refractivity contribution in [2.75, 3.05) is 5.32 Å². The Morgan fingerprint density at radius 3 is 2.57 bits per heavy atom. The lowest BCUT2D eigenvalue weighted by Crippen LogP contribution is -2.15. The van der Waals surface area contributed by atoms with E-state index in [1.165, 1.54) is 12.3 Å². The summed E-state index contributed by atoms with van der Waals surface area (Å²) in [6, 6.07) is 6.28. The smallest absolute Gasteiger partial charge is 0.336 e. The van der Waals surface area contributed by atoms with Gasteiger partial charge >= 0.3 is 5.97 Å². The summed E-state index contributed by atoms with van der Waals surface area (Å²) in [6.45, 7) is 3.40. The zero-order valence-corrected chi connectivity index (χ0v) is 12.2. The molecule has 108 valence electrons. The van der Waals surface area contributed by atoms with Crippen molar-refractivity contribution in [2.24, 2.45) is 0 Å². The normalized spacial score (nSPS) is 10.2. The van der Waals surface area contributed by atoms with Gasteiger partial charge in [-0.2, -0.15) is 0 Å². The van der Waals surface area contributed by atoms with Gasteiger partial charge < -0.3 is 10.4 Å². The van der Waals surface area contributed by atoms with Crippen molar-refractivity contribution in [3.63, 3.8) is 0 Å². The van der Waals surface area contributed by atoms with Crippen LogP contribution in [0.2, 0.25) is 5.02 Å². The van der Waals surface area contributed by atoms with Crippen LogP contribution in [0.3, 0.4) is 0 Å². The fourth-order valence-electron chi connectivity index (χ4n) is 1.89. The molecule has 0 aliphatic heterocycles. The van der Waals surface area contributed by atoms with Crippen molar-refractivity contribution in [3.8, 4) is 0 Å². The maximum Gasteiger partial charge on any atom is 0.336 e. The van der Waals surface area contributed by atoms with E-state index in [1.54, 1.807) is 32.0 Å². The van der Waals surface area contributed by atoms with E-state index in [0.29, 0.717) is 22.0 Å². The molecule has 5 nitrogen and oxygen atoms in total. The minimum absolute atomic E-state index is 0.140. The number of aromatic nitrogens is 1. The van der Waals surface area contributed by atoms with Crippen molar-refractivity contribution in [1.29, 1.82) is 0 Å². The summed E-state index contributed by atoms with van der Waals surface area (Å²) in [5.41, 5.74) is 2.00. The lowest BCUT2D eigenvalue weighted by Gasteiger charge is -2.11. The zero-order chi connectivity index (χ0) is 15.6. The Kier molecular flexibility index (Phi) is 4.23. The highest BCUT2D eigenvalue weighted by Crippen LogP contribution is 2.22. The van der Waals surface area contributed by atoms with Gasteiger partial charge in [-0.1, -0.05) is 17.7 Å². The molecule has 0 saturated carbocycles. The van der Waals surface area contributed by atoms with Gasteiger partial charge in [0.15, 0.2) is 0 Å². The number of anilines is 1. The van der Waals surface area contributed by atoms with Gasteiger partial charge in [0.25, 0.3) is 5.91 Å². The SMILES string of the molecule is Cc1cc(Cl)c(C(=O)Nc2cccc(C(=O)O)c2C)cn1. The second kappa shape index (κ2) is 5.93. The monoisotopic (exact) mass is 304 g/mol. The molecule has 0 unspecified atom stereocenters. The first-order valence-corrected chi connectivity index (χ1v) is 6.54. The number of pyridine rings is 1. The molecule has 1 aromatic carbocycles. The number of hydrogen-bond donors (Lipinski definition) is 2. The summed E-state index contributed by atoms with van der Waals surface area (Å²) in [6.07, 6.45) is 1.39.